The lowest BCUT2D eigenvalue weighted by Crippen LogP contribution is -2.51. The normalized spacial score (nSPS) is 13.6. The Kier molecular flexibility index (Phi) is 6.40. The zero-order valence-corrected chi connectivity index (χ0v) is 19.3. The number of benzene rings is 2. The van der Waals surface area contributed by atoms with Gasteiger partial charge in [-0.15, -0.1) is 0 Å². The number of nitrogens with zero attached hydrogens (tertiary/aromatic N) is 5. The quantitative estimate of drug-likeness (QED) is 0.438. The molecular weight excluding hydrogens is 463 g/mol. The van der Waals surface area contributed by atoms with Crippen molar-refractivity contribution in [1.29, 1.82) is 0 Å². The predicted octanol–water partition coefficient (Wildman–Crippen LogP) is 2.81. The van der Waals surface area contributed by atoms with Crippen molar-refractivity contribution in [1.82, 2.24) is 24.6 Å². The van der Waals surface area contributed by atoms with E-state index in [2.05, 4.69) is 15.4 Å². The van der Waals surface area contributed by atoms with Gasteiger partial charge in [0.2, 0.25) is 11.9 Å². The Hall–Kier alpha value is -4.60. The van der Waals surface area contributed by atoms with Crippen LogP contribution in [-0.4, -0.2) is 68.5 Å². The van der Waals surface area contributed by atoms with Crippen LogP contribution in [0.15, 0.2) is 72.9 Å². The van der Waals surface area contributed by atoms with Crippen LogP contribution in [0.2, 0.25) is 0 Å². The van der Waals surface area contributed by atoms with Crippen LogP contribution in [0.5, 0.6) is 0 Å². The number of piperazine rings is 1. The van der Waals surface area contributed by atoms with Crippen molar-refractivity contribution in [3.63, 3.8) is 0 Å². The monoisotopic (exact) mass is 486 g/mol. The Morgan fingerprint density at radius 3 is 2.39 bits per heavy atom. The fourth-order valence-corrected chi connectivity index (χ4v) is 4.13. The van der Waals surface area contributed by atoms with Gasteiger partial charge in [-0.2, -0.15) is 9.49 Å². The number of carbonyl (C=O) groups is 3. The van der Waals surface area contributed by atoms with Gasteiger partial charge in [-0.25, -0.2) is 4.98 Å². The molecule has 0 saturated carbocycles. The summed E-state index contributed by atoms with van der Waals surface area (Å²) in [4.78, 5) is 44.9. The van der Waals surface area contributed by atoms with Gasteiger partial charge in [-0.05, 0) is 42.5 Å². The van der Waals surface area contributed by atoms with E-state index in [1.54, 1.807) is 51.0 Å². The lowest BCUT2D eigenvalue weighted by Gasteiger charge is -2.34. The van der Waals surface area contributed by atoms with Gasteiger partial charge in [0.1, 0.15) is 12.2 Å². The average Bonchev–Trinajstić information content (AvgIpc) is 3.30. The van der Waals surface area contributed by atoms with Crippen molar-refractivity contribution in [2.24, 2.45) is 0 Å². The fourth-order valence-electron chi connectivity index (χ4n) is 4.13. The van der Waals surface area contributed by atoms with E-state index >= 15 is 0 Å². The molecule has 2 aromatic heterocycles. The van der Waals surface area contributed by atoms with Gasteiger partial charge in [0, 0.05) is 49.0 Å². The van der Waals surface area contributed by atoms with Crippen LogP contribution < -0.4 is 5.32 Å². The second kappa shape index (κ2) is 9.95. The largest absolute Gasteiger partial charge is 0.338 e. The molecule has 0 radical (unpaired) electrons. The van der Waals surface area contributed by atoms with Crippen LogP contribution >= 0.6 is 0 Å². The number of rotatable bonds is 5. The summed E-state index contributed by atoms with van der Waals surface area (Å²) in [5.41, 5.74) is 1.79. The summed E-state index contributed by atoms with van der Waals surface area (Å²) < 4.78 is 14.9. The van der Waals surface area contributed by atoms with E-state index < -0.39 is 11.9 Å². The van der Waals surface area contributed by atoms with Crippen LogP contribution in [0.4, 0.5) is 10.1 Å². The van der Waals surface area contributed by atoms with E-state index in [-0.39, 0.29) is 24.1 Å². The van der Waals surface area contributed by atoms with Gasteiger partial charge in [-0.1, -0.05) is 24.3 Å². The molecule has 1 aliphatic heterocycles. The third-order valence-corrected chi connectivity index (χ3v) is 6.00. The standard InChI is InChI=1S/C26H23FN6O3/c27-23-8-4-7-22(29-23)25(35)28-20-9-10-21-19(15-20)16-33(30-21)17-24(34)31-11-13-32(14-12-31)26(36)18-5-2-1-3-6-18/h1-10,15-16H,11-14,17H2,(H,28,35). The molecule has 1 fully saturated rings. The molecular formula is C26H23FN6O3. The first kappa shape index (κ1) is 23.2. The number of aromatic nitrogens is 3. The molecule has 0 bridgehead atoms. The van der Waals surface area contributed by atoms with Gasteiger partial charge in [0.05, 0.1) is 5.52 Å². The maximum absolute atomic E-state index is 13.3. The summed E-state index contributed by atoms with van der Waals surface area (Å²) in [6, 6.07) is 18.3. The van der Waals surface area contributed by atoms with E-state index in [0.717, 1.165) is 5.39 Å². The van der Waals surface area contributed by atoms with Crippen LogP contribution in [0.3, 0.4) is 0 Å². The number of amides is 3. The van der Waals surface area contributed by atoms with Crippen molar-refractivity contribution in [2.45, 2.75) is 6.54 Å². The van der Waals surface area contributed by atoms with Crippen molar-refractivity contribution < 1.29 is 18.8 Å². The maximum atomic E-state index is 13.3. The van der Waals surface area contributed by atoms with Gasteiger partial charge in [0.25, 0.3) is 11.8 Å². The number of fused-ring (bicyclic) bond motifs is 1. The van der Waals surface area contributed by atoms with Gasteiger partial charge in [0.15, 0.2) is 0 Å². The van der Waals surface area contributed by atoms with Gasteiger partial charge in [-0.3, -0.25) is 19.1 Å². The van der Waals surface area contributed by atoms with Crippen LogP contribution in [0.25, 0.3) is 10.9 Å². The molecule has 2 aromatic carbocycles. The van der Waals surface area contributed by atoms with Crippen LogP contribution in [-0.2, 0) is 11.3 Å². The first-order valence-electron chi connectivity index (χ1n) is 11.5. The Labute approximate surface area is 206 Å². The zero-order valence-electron chi connectivity index (χ0n) is 19.3. The smallest absolute Gasteiger partial charge is 0.274 e. The lowest BCUT2D eigenvalue weighted by atomic mass is 10.2. The number of hydrogen-bond acceptors (Lipinski definition) is 5. The molecule has 1 N–H and O–H groups in total. The fraction of sp³-hybridized carbons (Fsp3) is 0.192. The molecule has 5 rings (SSSR count). The molecule has 3 heterocycles. The highest BCUT2D eigenvalue weighted by Gasteiger charge is 2.25. The summed E-state index contributed by atoms with van der Waals surface area (Å²) in [7, 11) is 0. The van der Waals surface area contributed by atoms with Crippen LogP contribution in [0, 0.1) is 5.95 Å². The van der Waals surface area contributed by atoms with E-state index in [1.807, 2.05) is 18.2 Å². The minimum absolute atomic E-state index is 0.0260. The van der Waals surface area contributed by atoms with Crippen molar-refractivity contribution >= 4 is 34.3 Å². The topological polar surface area (TPSA) is 100 Å². The Balaban J connectivity index is 1.19. The summed E-state index contributed by atoms with van der Waals surface area (Å²) >= 11 is 0. The molecule has 3 amide bonds. The molecule has 4 aromatic rings. The van der Waals surface area contributed by atoms with Gasteiger partial charge < -0.3 is 15.1 Å². The van der Waals surface area contributed by atoms with Crippen LogP contribution in [0.1, 0.15) is 20.8 Å². The van der Waals surface area contributed by atoms with Crippen molar-refractivity contribution in [3.8, 4) is 0 Å². The highest BCUT2D eigenvalue weighted by atomic mass is 19.1. The molecule has 10 heteroatoms. The Bertz CT molecular complexity index is 1430. The van der Waals surface area contributed by atoms with E-state index in [4.69, 9.17) is 0 Å². The number of nitrogens with one attached hydrogen (secondary N) is 1. The first-order chi connectivity index (χ1) is 17.5. The molecule has 1 saturated heterocycles. The van der Waals surface area contributed by atoms with E-state index in [9.17, 15) is 18.8 Å². The predicted molar refractivity (Wildman–Crippen MR) is 131 cm³/mol. The molecule has 0 unspecified atom stereocenters. The molecule has 0 atom stereocenters. The number of halogens is 1. The third kappa shape index (κ3) is 5.07. The highest BCUT2D eigenvalue weighted by Crippen LogP contribution is 2.19. The number of pyridine rings is 1. The minimum atomic E-state index is -0.728. The summed E-state index contributed by atoms with van der Waals surface area (Å²) in [6.07, 6.45) is 1.73. The highest BCUT2D eigenvalue weighted by molar-refractivity contribution is 6.03. The summed E-state index contributed by atoms with van der Waals surface area (Å²) in [6.45, 7) is 1.94. The SMILES string of the molecule is O=C(Nc1ccc2nn(CC(=O)N3CCN(C(=O)c4ccccc4)CC3)cc2c1)c1cccc(F)n1. The molecule has 36 heavy (non-hydrogen) atoms. The molecule has 1 aliphatic rings. The molecule has 182 valence electrons. The summed E-state index contributed by atoms with van der Waals surface area (Å²) in [5.74, 6) is -1.37. The maximum Gasteiger partial charge on any atom is 0.274 e. The van der Waals surface area contributed by atoms with Crippen molar-refractivity contribution in [3.05, 3.63) is 90.1 Å². The molecule has 0 aliphatic carbocycles. The van der Waals surface area contributed by atoms with Crippen molar-refractivity contribution in [2.75, 3.05) is 31.5 Å². The van der Waals surface area contributed by atoms with E-state index in [1.165, 1.54) is 18.2 Å². The first-order valence-corrected chi connectivity index (χ1v) is 11.5. The average molecular weight is 487 g/mol. The second-order valence-corrected chi connectivity index (χ2v) is 8.44. The Morgan fingerprint density at radius 2 is 1.64 bits per heavy atom. The number of hydrogen-bond donors (Lipinski definition) is 1. The van der Waals surface area contributed by atoms with E-state index in [0.29, 0.717) is 42.9 Å². The Morgan fingerprint density at radius 1 is 0.889 bits per heavy atom. The molecule has 9 nitrogen and oxygen atoms in total. The summed E-state index contributed by atoms with van der Waals surface area (Å²) in [5, 5.41) is 7.88. The van der Waals surface area contributed by atoms with Gasteiger partial charge >= 0.3 is 0 Å². The number of carbonyl (C=O) groups excluding carboxylic acids is 3. The zero-order chi connectivity index (χ0) is 25.1. The lowest BCUT2D eigenvalue weighted by molar-refractivity contribution is -0.133. The molecule has 0 spiro atoms. The second-order valence-electron chi connectivity index (χ2n) is 8.44. The number of anilines is 1. The minimum Gasteiger partial charge on any atom is -0.338 e. The third-order valence-electron chi connectivity index (χ3n) is 6.00.